The molecule has 2 heterocycles. The molecule has 8 heteroatoms. The van der Waals surface area contributed by atoms with Gasteiger partial charge in [0.15, 0.2) is 0 Å². The number of halogens is 1. The summed E-state index contributed by atoms with van der Waals surface area (Å²) >= 11 is 7.13. The average Bonchev–Trinajstić information content (AvgIpc) is 3.04. The molecular weight excluding hydrogens is 348 g/mol. The van der Waals surface area contributed by atoms with E-state index in [0.717, 1.165) is 0 Å². The van der Waals surface area contributed by atoms with Crippen molar-refractivity contribution in [1.82, 2.24) is 9.97 Å². The number of hydrogen-bond acceptors (Lipinski definition) is 5. The van der Waals surface area contributed by atoms with Crippen LogP contribution in [0.5, 0.6) is 0 Å². The van der Waals surface area contributed by atoms with E-state index in [0.29, 0.717) is 21.3 Å². The summed E-state index contributed by atoms with van der Waals surface area (Å²) in [6, 6.07) is 8.49. The molecule has 120 valence electrons. The van der Waals surface area contributed by atoms with Gasteiger partial charge in [-0.15, -0.1) is 11.3 Å². The third-order valence-corrected chi connectivity index (χ3v) is 4.15. The van der Waals surface area contributed by atoms with E-state index in [2.05, 4.69) is 20.6 Å². The number of anilines is 2. The molecule has 0 radical (unpaired) electrons. The Balaban J connectivity index is 1.75. The van der Waals surface area contributed by atoms with Crippen molar-refractivity contribution in [2.75, 3.05) is 10.6 Å². The highest BCUT2D eigenvalue weighted by Gasteiger charge is 2.17. The predicted octanol–water partition coefficient (Wildman–Crippen LogP) is 3.70. The van der Waals surface area contributed by atoms with Crippen molar-refractivity contribution < 1.29 is 9.59 Å². The van der Waals surface area contributed by atoms with E-state index in [1.165, 1.54) is 29.9 Å². The van der Waals surface area contributed by atoms with Crippen LogP contribution in [0.15, 0.2) is 54.3 Å². The number of aromatic nitrogens is 2. The number of nitrogens with one attached hydrogen (secondary N) is 2. The Morgan fingerprint density at radius 1 is 1.08 bits per heavy atom. The molecule has 2 aromatic heterocycles. The predicted molar refractivity (Wildman–Crippen MR) is 93.7 cm³/mol. The quantitative estimate of drug-likeness (QED) is 0.744. The van der Waals surface area contributed by atoms with Crippen molar-refractivity contribution in [3.8, 4) is 0 Å². The molecule has 0 fully saturated rings. The van der Waals surface area contributed by atoms with Gasteiger partial charge in [-0.2, -0.15) is 0 Å². The van der Waals surface area contributed by atoms with Crippen LogP contribution in [0.3, 0.4) is 0 Å². The Morgan fingerprint density at radius 2 is 1.96 bits per heavy atom. The second-order valence-corrected chi connectivity index (χ2v) is 6.03. The third kappa shape index (κ3) is 3.76. The van der Waals surface area contributed by atoms with Crippen molar-refractivity contribution >= 4 is 46.1 Å². The Hall–Kier alpha value is -2.77. The second kappa shape index (κ2) is 7.20. The SMILES string of the molecule is O=C(Nc1ccsc1C(=O)Nc1cccc(Cl)c1)c1cnccn1. The van der Waals surface area contributed by atoms with Crippen LogP contribution in [-0.4, -0.2) is 21.8 Å². The van der Waals surface area contributed by atoms with Crippen LogP contribution in [-0.2, 0) is 0 Å². The summed E-state index contributed by atoms with van der Waals surface area (Å²) in [5.41, 5.74) is 1.16. The van der Waals surface area contributed by atoms with Gasteiger partial charge in [-0.3, -0.25) is 14.6 Å². The second-order valence-electron chi connectivity index (χ2n) is 4.67. The molecule has 3 aromatic rings. The molecule has 0 spiro atoms. The lowest BCUT2D eigenvalue weighted by atomic mass is 10.3. The first-order valence-electron chi connectivity index (χ1n) is 6.85. The van der Waals surface area contributed by atoms with Crippen molar-refractivity contribution in [2.45, 2.75) is 0 Å². The van der Waals surface area contributed by atoms with Crippen LogP contribution >= 0.6 is 22.9 Å². The van der Waals surface area contributed by atoms with Crippen LogP contribution in [0.4, 0.5) is 11.4 Å². The molecular formula is C16H11ClN4O2S. The molecule has 0 unspecified atom stereocenters. The van der Waals surface area contributed by atoms with E-state index in [9.17, 15) is 9.59 Å². The minimum atomic E-state index is -0.432. The number of benzene rings is 1. The highest BCUT2D eigenvalue weighted by atomic mass is 35.5. The standard InChI is InChI=1S/C16H11ClN4O2S/c17-10-2-1-3-11(8-10)20-16(23)14-12(4-7-24-14)21-15(22)13-9-18-5-6-19-13/h1-9H,(H,20,23)(H,21,22). The molecule has 2 N–H and O–H groups in total. The van der Waals surface area contributed by atoms with Crippen molar-refractivity contribution in [1.29, 1.82) is 0 Å². The Bertz CT molecular complexity index is 883. The van der Waals surface area contributed by atoms with Gasteiger partial charge in [-0.05, 0) is 29.6 Å². The number of nitrogens with zero attached hydrogens (tertiary/aromatic N) is 2. The maximum absolute atomic E-state index is 12.4. The van der Waals surface area contributed by atoms with Crippen LogP contribution in [0.2, 0.25) is 5.02 Å². The summed E-state index contributed by atoms with van der Waals surface area (Å²) in [4.78, 5) is 32.7. The summed E-state index contributed by atoms with van der Waals surface area (Å²) in [5, 5.41) is 7.66. The van der Waals surface area contributed by atoms with E-state index in [4.69, 9.17) is 11.6 Å². The van der Waals surface area contributed by atoms with Gasteiger partial charge in [-0.25, -0.2) is 4.98 Å². The normalized spacial score (nSPS) is 10.2. The fourth-order valence-corrected chi connectivity index (χ4v) is 2.87. The van der Waals surface area contributed by atoms with Crippen molar-refractivity contribution in [2.24, 2.45) is 0 Å². The largest absolute Gasteiger partial charge is 0.321 e. The summed E-state index contributed by atoms with van der Waals surface area (Å²) in [6.07, 6.45) is 4.26. The molecule has 3 rings (SSSR count). The molecule has 0 bridgehead atoms. The van der Waals surface area contributed by atoms with Crippen molar-refractivity contribution in [3.63, 3.8) is 0 Å². The van der Waals surface area contributed by atoms with Gasteiger partial charge in [0.1, 0.15) is 10.6 Å². The Labute approximate surface area is 146 Å². The lowest BCUT2D eigenvalue weighted by Gasteiger charge is -2.07. The zero-order valence-corrected chi connectivity index (χ0v) is 13.8. The van der Waals surface area contributed by atoms with E-state index in [1.54, 1.807) is 35.7 Å². The summed E-state index contributed by atoms with van der Waals surface area (Å²) < 4.78 is 0. The molecule has 0 aliphatic heterocycles. The fraction of sp³-hybridized carbons (Fsp3) is 0. The molecule has 24 heavy (non-hydrogen) atoms. The number of rotatable bonds is 4. The fourth-order valence-electron chi connectivity index (χ4n) is 1.94. The number of thiophene rings is 1. The van der Waals surface area contributed by atoms with Crippen LogP contribution in [0.1, 0.15) is 20.2 Å². The Kier molecular flexibility index (Phi) is 4.83. The Morgan fingerprint density at radius 3 is 2.71 bits per heavy atom. The van der Waals surface area contributed by atoms with Crippen LogP contribution < -0.4 is 10.6 Å². The van der Waals surface area contributed by atoms with Gasteiger partial charge >= 0.3 is 0 Å². The van der Waals surface area contributed by atoms with E-state index in [1.807, 2.05) is 0 Å². The molecule has 6 nitrogen and oxygen atoms in total. The number of amides is 2. The molecule has 1 aromatic carbocycles. The average molecular weight is 359 g/mol. The maximum Gasteiger partial charge on any atom is 0.275 e. The van der Waals surface area contributed by atoms with Gasteiger partial charge in [0, 0.05) is 23.1 Å². The summed E-state index contributed by atoms with van der Waals surface area (Å²) in [7, 11) is 0. The monoisotopic (exact) mass is 358 g/mol. The van der Waals surface area contributed by atoms with Gasteiger partial charge in [0.05, 0.1) is 11.9 Å². The molecule has 2 amide bonds. The zero-order valence-electron chi connectivity index (χ0n) is 12.2. The first kappa shape index (κ1) is 16.1. The van der Waals surface area contributed by atoms with E-state index in [-0.39, 0.29) is 11.6 Å². The zero-order chi connectivity index (χ0) is 16.9. The van der Waals surface area contributed by atoms with E-state index < -0.39 is 5.91 Å². The first-order valence-corrected chi connectivity index (χ1v) is 8.11. The lowest BCUT2D eigenvalue weighted by molar-refractivity contribution is 0.102. The van der Waals surface area contributed by atoms with Crippen LogP contribution in [0, 0.1) is 0 Å². The number of carbonyl (C=O) groups excluding carboxylic acids is 2. The molecule has 0 atom stereocenters. The van der Waals surface area contributed by atoms with Gasteiger partial charge < -0.3 is 10.6 Å². The first-order chi connectivity index (χ1) is 11.6. The minimum Gasteiger partial charge on any atom is -0.321 e. The molecule has 0 saturated carbocycles. The smallest absolute Gasteiger partial charge is 0.275 e. The van der Waals surface area contributed by atoms with Gasteiger partial charge in [0.25, 0.3) is 11.8 Å². The third-order valence-electron chi connectivity index (χ3n) is 3.00. The molecule has 0 aliphatic carbocycles. The topological polar surface area (TPSA) is 84.0 Å². The highest BCUT2D eigenvalue weighted by molar-refractivity contribution is 7.12. The number of hydrogen-bond donors (Lipinski definition) is 2. The summed E-state index contributed by atoms with van der Waals surface area (Å²) in [6.45, 7) is 0. The lowest BCUT2D eigenvalue weighted by Crippen LogP contribution is -2.17. The van der Waals surface area contributed by atoms with E-state index >= 15 is 0 Å². The highest BCUT2D eigenvalue weighted by Crippen LogP contribution is 2.24. The van der Waals surface area contributed by atoms with Gasteiger partial charge in [0.2, 0.25) is 0 Å². The van der Waals surface area contributed by atoms with Crippen LogP contribution in [0.25, 0.3) is 0 Å². The van der Waals surface area contributed by atoms with Crippen molar-refractivity contribution in [3.05, 3.63) is 69.9 Å². The molecule has 0 saturated heterocycles. The maximum atomic E-state index is 12.4. The molecule has 0 aliphatic rings. The number of carbonyl (C=O) groups is 2. The minimum absolute atomic E-state index is 0.171. The summed E-state index contributed by atoms with van der Waals surface area (Å²) in [5.74, 6) is -0.764. The van der Waals surface area contributed by atoms with Gasteiger partial charge in [-0.1, -0.05) is 17.7 Å².